The van der Waals surface area contributed by atoms with Crippen LogP contribution in [-0.2, 0) is 0 Å². The lowest BCUT2D eigenvalue weighted by molar-refractivity contribution is 0.580. The van der Waals surface area contributed by atoms with Crippen molar-refractivity contribution >= 4 is 29.3 Å². The molecule has 7 heteroatoms. The Balaban J connectivity index is 1.71. The molecule has 0 aromatic carbocycles. The summed E-state index contributed by atoms with van der Waals surface area (Å²) in [6.45, 7) is 9.15. The van der Waals surface area contributed by atoms with Gasteiger partial charge in [-0.1, -0.05) is 18.0 Å². The summed E-state index contributed by atoms with van der Waals surface area (Å²) in [6, 6.07) is 0.501. The van der Waals surface area contributed by atoms with Crippen LogP contribution < -0.4 is 20.3 Å². The van der Waals surface area contributed by atoms with Gasteiger partial charge in [-0.2, -0.15) is 4.98 Å². The van der Waals surface area contributed by atoms with E-state index in [4.69, 9.17) is 9.97 Å². The molecule has 0 atom stereocenters. The molecule has 144 valence electrons. The summed E-state index contributed by atoms with van der Waals surface area (Å²) in [5.74, 6) is 2.85. The fourth-order valence-corrected chi connectivity index (χ4v) is 3.94. The molecule has 0 spiro atoms. The number of anilines is 2. The monoisotopic (exact) mass is 376 g/mol. The summed E-state index contributed by atoms with van der Waals surface area (Å²) < 4.78 is 3.39. The van der Waals surface area contributed by atoms with Crippen LogP contribution in [-0.4, -0.2) is 54.5 Å². The Kier molecular flexibility index (Phi) is 7.58. The lowest BCUT2D eigenvalue weighted by Crippen LogP contribution is -2.44. The van der Waals surface area contributed by atoms with E-state index in [1.807, 2.05) is 6.20 Å². The fraction of sp³-hybridized carbons (Fsp3) is 0.684. The Morgan fingerprint density at radius 2 is 2.12 bits per heavy atom. The molecule has 0 radical (unpaired) electrons. The number of aromatic nitrogens is 2. The first-order valence-electron chi connectivity index (χ1n) is 9.87. The molecule has 26 heavy (non-hydrogen) atoms. The summed E-state index contributed by atoms with van der Waals surface area (Å²) in [7, 11) is 0. The Morgan fingerprint density at radius 1 is 1.27 bits per heavy atom. The van der Waals surface area contributed by atoms with E-state index in [1.165, 1.54) is 30.4 Å². The van der Waals surface area contributed by atoms with Crippen molar-refractivity contribution in [3.8, 4) is 0 Å². The van der Waals surface area contributed by atoms with Crippen LogP contribution >= 0.6 is 11.9 Å². The molecule has 1 fully saturated rings. The zero-order chi connectivity index (χ0) is 18.2. The second-order valence-corrected chi connectivity index (χ2v) is 8.12. The quantitative estimate of drug-likeness (QED) is 0.476. The average molecular weight is 377 g/mol. The van der Waals surface area contributed by atoms with Gasteiger partial charge in [0.15, 0.2) is 0 Å². The molecule has 0 saturated carbocycles. The third-order valence-electron chi connectivity index (χ3n) is 4.63. The molecule has 6 nitrogen and oxygen atoms in total. The minimum absolute atomic E-state index is 0.501. The van der Waals surface area contributed by atoms with Gasteiger partial charge >= 0.3 is 0 Å². The lowest BCUT2D eigenvalue weighted by Gasteiger charge is -2.28. The van der Waals surface area contributed by atoms with Gasteiger partial charge < -0.3 is 15.5 Å². The summed E-state index contributed by atoms with van der Waals surface area (Å²) in [4.78, 5) is 11.9. The number of piperazine rings is 1. The Hall–Kier alpha value is -1.31. The van der Waals surface area contributed by atoms with Gasteiger partial charge in [0.1, 0.15) is 5.82 Å². The largest absolute Gasteiger partial charge is 0.369 e. The summed E-state index contributed by atoms with van der Waals surface area (Å²) >= 11 is 1.77. The fourth-order valence-electron chi connectivity index (χ4n) is 3.29. The van der Waals surface area contributed by atoms with Crippen molar-refractivity contribution in [3.05, 3.63) is 17.8 Å². The maximum Gasteiger partial charge on any atom is 0.227 e. The van der Waals surface area contributed by atoms with Gasteiger partial charge in [-0.15, -0.1) is 0 Å². The van der Waals surface area contributed by atoms with Crippen molar-refractivity contribution in [1.82, 2.24) is 20.0 Å². The van der Waals surface area contributed by atoms with Crippen LogP contribution in [0.4, 0.5) is 11.8 Å². The van der Waals surface area contributed by atoms with Crippen LogP contribution in [0.3, 0.4) is 0 Å². The zero-order valence-electron chi connectivity index (χ0n) is 16.1. The van der Waals surface area contributed by atoms with Crippen LogP contribution in [0.1, 0.15) is 45.1 Å². The van der Waals surface area contributed by atoms with Crippen LogP contribution in [0.25, 0.3) is 5.57 Å². The van der Waals surface area contributed by atoms with Gasteiger partial charge in [0, 0.05) is 56.3 Å². The number of nitrogens with one attached hydrogen (secondary N) is 3. The number of nitrogens with zero attached hydrogens (tertiary/aromatic N) is 3. The highest BCUT2D eigenvalue weighted by molar-refractivity contribution is 7.97. The predicted molar refractivity (Wildman–Crippen MR) is 113 cm³/mol. The van der Waals surface area contributed by atoms with Gasteiger partial charge in [0.25, 0.3) is 0 Å². The SMILES string of the molecule is CC(C)NSCCNc1nc(N2CCNCC2)ncc1C1=CCCCC1. The van der Waals surface area contributed by atoms with Gasteiger partial charge in [0.2, 0.25) is 5.95 Å². The molecule has 0 amide bonds. The number of rotatable bonds is 8. The summed E-state index contributed by atoms with van der Waals surface area (Å²) in [5.41, 5.74) is 2.59. The standard InChI is InChI=1S/C19H32N6S/c1-15(2)24-26-13-10-21-18-17(16-6-4-3-5-7-16)14-22-19(23-18)25-11-8-20-9-12-25/h6,14-15,20,24H,3-5,7-13H2,1-2H3,(H,21,22,23). The Bertz CT molecular complexity index is 598. The number of hydrogen-bond donors (Lipinski definition) is 3. The first kappa shape index (κ1) is 19.5. The highest BCUT2D eigenvalue weighted by atomic mass is 32.2. The van der Waals surface area contributed by atoms with E-state index in [2.05, 4.69) is 40.2 Å². The van der Waals surface area contributed by atoms with Gasteiger partial charge in [0.05, 0.1) is 0 Å². The number of allylic oxidation sites excluding steroid dienone is 2. The Labute approximate surface area is 161 Å². The molecular weight excluding hydrogens is 344 g/mol. The molecule has 1 aliphatic heterocycles. The van der Waals surface area contributed by atoms with E-state index >= 15 is 0 Å². The normalized spacial score (nSPS) is 18.1. The molecule has 1 aromatic heterocycles. The molecule has 1 aliphatic carbocycles. The van der Waals surface area contributed by atoms with Crippen LogP contribution in [0.2, 0.25) is 0 Å². The van der Waals surface area contributed by atoms with Gasteiger partial charge in [-0.05, 0) is 45.1 Å². The van der Waals surface area contributed by atoms with Crippen LogP contribution in [0.15, 0.2) is 12.3 Å². The molecule has 0 unspecified atom stereocenters. The van der Waals surface area contributed by atoms with Crippen molar-refractivity contribution in [1.29, 1.82) is 0 Å². The van der Waals surface area contributed by atoms with Gasteiger partial charge in [-0.3, -0.25) is 4.72 Å². The molecule has 0 bridgehead atoms. The van der Waals surface area contributed by atoms with E-state index in [0.29, 0.717) is 6.04 Å². The third kappa shape index (κ3) is 5.59. The van der Waals surface area contributed by atoms with E-state index in [9.17, 15) is 0 Å². The summed E-state index contributed by atoms with van der Waals surface area (Å²) in [6.07, 6.45) is 9.26. The van der Waals surface area contributed by atoms with Crippen molar-refractivity contribution in [3.63, 3.8) is 0 Å². The zero-order valence-corrected chi connectivity index (χ0v) is 16.9. The second-order valence-electron chi connectivity index (χ2n) is 7.19. The maximum atomic E-state index is 4.91. The highest BCUT2D eigenvalue weighted by Gasteiger charge is 2.17. The minimum atomic E-state index is 0.501. The van der Waals surface area contributed by atoms with E-state index in [1.54, 1.807) is 11.9 Å². The maximum absolute atomic E-state index is 4.91. The van der Waals surface area contributed by atoms with Crippen LogP contribution in [0, 0.1) is 0 Å². The molecule has 1 saturated heterocycles. The summed E-state index contributed by atoms with van der Waals surface area (Å²) in [5, 5.41) is 6.96. The van der Waals surface area contributed by atoms with E-state index in [-0.39, 0.29) is 0 Å². The smallest absolute Gasteiger partial charge is 0.227 e. The molecule has 3 N–H and O–H groups in total. The van der Waals surface area contributed by atoms with Crippen molar-refractivity contribution in [2.45, 2.75) is 45.6 Å². The topological polar surface area (TPSA) is 65.1 Å². The second kappa shape index (κ2) is 10.1. The van der Waals surface area contributed by atoms with Crippen molar-refractivity contribution in [2.24, 2.45) is 0 Å². The molecular formula is C19H32N6S. The first-order valence-corrected chi connectivity index (χ1v) is 10.9. The van der Waals surface area contributed by atoms with Crippen molar-refractivity contribution in [2.75, 3.05) is 48.7 Å². The number of hydrogen-bond acceptors (Lipinski definition) is 7. The predicted octanol–water partition coefficient (Wildman–Crippen LogP) is 2.90. The molecule has 2 heterocycles. The third-order valence-corrected chi connectivity index (χ3v) is 5.67. The Morgan fingerprint density at radius 3 is 2.85 bits per heavy atom. The van der Waals surface area contributed by atoms with Crippen molar-refractivity contribution < 1.29 is 0 Å². The minimum Gasteiger partial charge on any atom is -0.369 e. The van der Waals surface area contributed by atoms with E-state index in [0.717, 1.165) is 56.7 Å². The van der Waals surface area contributed by atoms with Crippen LogP contribution in [0.5, 0.6) is 0 Å². The highest BCUT2D eigenvalue weighted by Crippen LogP contribution is 2.31. The molecule has 1 aromatic rings. The molecule has 2 aliphatic rings. The molecule has 3 rings (SSSR count). The average Bonchev–Trinajstić information content (AvgIpc) is 2.69. The van der Waals surface area contributed by atoms with Gasteiger partial charge in [-0.25, -0.2) is 4.98 Å². The lowest BCUT2D eigenvalue weighted by atomic mass is 9.95. The first-order chi connectivity index (χ1) is 12.7. The van der Waals surface area contributed by atoms with E-state index < -0.39 is 0 Å².